The number of anilines is 1. The number of aromatic amines is 1. The number of hydrogen-bond acceptors (Lipinski definition) is 4. The number of H-pyrrole nitrogens is 1. The number of aryl methyl sites for hydroxylation is 2. The van der Waals surface area contributed by atoms with E-state index in [1.54, 1.807) is 12.3 Å². The summed E-state index contributed by atoms with van der Waals surface area (Å²) in [5.41, 5.74) is 5.08. The van der Waals surface area contributed by atoms with E-state index >= 15 is 0 Å². The summed E-state index contributed by atoms with van der Waals surface area (Å²) >= 11 is 0. The fourth-order valence-corrected chi connectivity index (χ4v) is 4.79. The Kier molecular flexibility index (Phi) is 6.95. The van der Waals surface area contributed by atoms with Gasteiger partial charge < -0.3 is 10.6 Å². The van der Waals surface area contributed by atoms with Crippen molar-refractivity contribution in [2.24, 2.45) is 11.8 Å². The summed E-state index contributed by atoms with van der Waals surface area (Å²) in [6, 6.07) is 8.69. The quantitative estimate of drug-likeness (QED) is 0.481. The zero-order valence-electron chi connectivity index (χ0n) is 20.0. The maximum atomic E-state index is 13.4. The van der Waals surface area contributed by atoms with Crippen LogP contribution < -0.4 is 10.6 Å². The second kappa shape index (κ2) is 10.1. The summed E-state index contributed by atoms with van der Waals surface area (Å²) in [6.07, 6.45) is 6.91. The Morgan fingerprint density at radius 2 is 1.85 bits per heavy atom. The van der Waals surface area contributed by atoms with Crippen molar-refractivity contribution in [1.82, 2.24) is 25.3 Å². The van der Waals surface area contributed by atoms with Crippen LogP contribution in [0.4, 0.5) is 5.69 Å². The molecule has 0 unspecified atom stereocenters. The van der Waals surface area contributed by atoms with Crippen LogP contribution in [0.3, 0.4) is 0 Å². The summed E-state index contributed by atoms with van der Waals surface area (Å²) < 4.78 is 1.41. The number of aromatic nitrogens is 4. The number of benzene rings is 1. The van der Waals surface area contributed by atoms with Crippen molar-refractivity contribution in [3.63, 3.8) is 0 Å². The van der Waals surface area contributed by atoms with Crippen molar-refractivity contribution >= 4 is 23.7 Å². The predicted octanol–water partition coefficient (Wildman–Crippen LogP) is 4.55. The number of carbonyl (C=O) groups excluding carboxylic acids is 2. The molecular weight excluding hydrogens is 428 g/mol. The fourth-order valence-electron chi connectivity index (χ4n) is 4.79. The Balaban J connectivity index is 1.52. The molecule has 34 heavy (non-hydrogen) atoms. The van der Waals surface area contributed by atoms with E-state index in [0.717, 1.165) is 48.2 Å². The number of hydrogen-bond donors (Lipinski definition) is 3. The lowest BCUT2D eigenvalue weighted by Crippen LogP contribution is -2.49. The van der Waals surface area contributed by atoms with Crippen molar-refractivity contribution < 1.29 is 9.59 Å². The summed E-state index contributed by atoms with van der Waals surface area (Å²) in [7, 11) is 0. The van der Waals surface area contributed by atoms with E-state index < -0.39 is 6.04 Å². The van der Waals surface area contributed by atoms with Crippen LogP contribution in [0.15, 0.2) is 43.1 Å². The summed E-state index contributed by atoms with van der Waals surface area (Å²) in [5, 5.41) is 17.3. The van der Waals surface area contributed by atoms with Crippen LogP contribution in [0.1, 0.15) is 54.5 Å². The SMILES string of the molecule is C=Cn1nccc1C(=O)N[C@H](C(=O)Nc1ccc(-c2c(C)n[nH]c2C)cc1)C1CCC(C)CC1. The molecule has 1 aliphatic carbocycles. The van der Waals surface area contributed by atoms with E-state index in [2.05, 4.69) is 39.4 Å². The molecule has 8 heteroatoms. The third-order valence-corrected chi connectivity index (χ3v) is 6.75. The third-order valence-electron chi connectivity index (χ3n) is 6.75. The van der Waals surface area contributed by atoms with Gasteiger partial charge in [0.15, 0.2) is 0 Å². The number of amides is 2. The molecule has 2 heterocycles. The lowest BCUT2D eigenvalue weighted by molar-refractivity contribution is -0.119. The van der Waals surface area contributed by atoms with Crippen LogP contribution >= 0.6 is 0 Å². The number of rotatable bonds is 7. The molecule has 0 saturated heterocycles. The Hall–Kier alpha value is -3.68. The highest BCUT2D eigenvalue weighted by molar-refractivity contribution is 6.01. The van der Waals surface area contributed by atoms with E-state index in [-0.39, 0.29) is 17.7 Å². The standard InChI is InChI=1S/C26H32N6O2/c1-5-32-22(14-15-27-32)25(33)29-24(20-8-6-16(2)7-9-20)26(34)28-21-12-10-19(11-13-21)23-17(3)30-31-18(23)4/h5,10-16,20,24H,1,6-9H2,2-4H3,(H,28,34)(H,29,33)(H,30,31)/t16?,20?,24-/m0/s1. The van der Waals surface area contributed by atoms with E-state index in [4.69, 9.17) is 0 Å². The minimum absolute atomic E-state index is 0.0794. The minimum atomic E-state index is -0.633. The molecule has 1 atom stereocenters. The molecule has 0 radical (unpaired) electrons. The van der Waals surface area contributed by atoms with Gasteiger partial charge in [0.25, 0.3) is 5.91 Å². The normalized spacial score (nSPS) is 18.8. The second-order valence-electron chi connectivity index (χ2n) is 9.19. The smallest absolute Gasteiger partial charge is 0.270 e. The molecule has 1 saturated carbocycles. The first-order chi connectivity index (χ1) is 16.4. The van der Waals surface area contributed by atoms with Crippen molar-refractivity contribution in [3.05, 3.63) is 60.2 Å². The highest BCUT2D eigenvalue weighted by atomic mass is 16.2. The first-order valence-electron chi connectivity index (χ1n) is 11.8. The Morgan fingerprint density at radius 1 is 1.15 bits per heavy atom. The monoisotopic (exact) mass is 460 g/mol. The molecule has 1 fully saturated rings. The van der Waals surface area contributed by atoms with E-state index in [1.807, 2.05) is 38.1 Å². The number of nitrogens with one attached hydrogen (secondary N) is 3. The molecule has 0 bridgehead atoms. The van der Waals surface area contributed by atoms with Crippen molar-refractivity contribution in [1.29, 1.82) is 0 Å². The Labute approximate surface area is 199 Å². The molecule has 2 amide bonds. The fraction of sp³-hybridized carbons (Fsp3) is 0.385. The van der Waals surface area contributed by atoms with Gasteiger partial charge in [-0.05, 0) is 62.3 Å². The zero-order chi connectivity index (χ0) is 24.2. The molecule has 1 aliphatic rings. The van der Waals surface area contributed by atoms with Crippen molar-refractivity contribution in [2.75, 3.05) is 5.32 Å². The lowest BCUT2D eigenvalue weighted by atomic mass is 9.79. The van der Waals surface area contributed by atoms with Crippen LogP contribution in [0, 0.1) is 25.7 Å². The van der Waals surface area contributed by atoms with Gasteiger partial charge in [0.05, 0.1) is 11.9 Å². The second-order valence-corrected chi connectivity index (χ2v) is 9.19. The van der Waals surface area contributed by atoms with E-state index in [9.17, 15) is 9.59 Å². The Morgan fingerprint density at radius 3 is 2.47 bits per heavy atom. The van der Waals surface area contributed by atoms with Gasteiger partial charge in [-0.1, -0.05) is 38.5 Å². The van der Waals surface area contributed by atoms with Gasteiger partial charge in [0, 0.05) is 23.1 Å². The van der Waals surface area contributed by atoms with Crippen molar-refractivity contribution in [2.45, 2.75) is 52.5 Å². The molecule has 1 aromatic carbocycles. The largest absolute Gasteiger partial charge is 0.339 e. The topological polar surface area (TPSA) is 105 Å². The molecule has 178 valence electrons. The Bertz CT molecular complexity index is 1150. The van der Waals surface area contributed by atoms with Crippen molar-refractivity contribution in [3.8, 4) is 11.1 Å². The molecule has 2 aromatic heterocycles. The molecule has 3 aromatic rings. The van der Waals surface area contributed by atoms with Gasteiger partial charge in [0.1, 0.15) is 11.7 Å². The van der Waals surface area contributed by atoms with Gasteiger partial charge in [-0.15, -0.1) is 0 Å². The molecule has 4 rings (SSSR count). The summed E-state index contributed by atoms with van der Waals surface area (Å²) in [6.45, 7) is 9.87. The highest BCUT2D eigenvalue weighted by Crippen LogP contribution is 2.31. The lowest BCUT2D eigenvalue weighted by Gasteiger charge is -2.32. The molecule has 0 spiro atoms. The maximum Gasteiger partial charge on any atom is 0.270 e. The number of nitrogens with zero attached hydrogens (tertiary/aromatic N) is 3. The first-order valence-corrected chi connectivity index (χ1v) is 11.8. The average molecular weight is 461 g/mol. The van der Waals surface area contributed by atoms with Crippen LogP contribution in [0.2, 0.25) is 0 Å². The first kappa shape index (κ1) is 23.5. The van der Waals surface area contributed by atoms with Crippen LogP contribution in [-0.2, 0) is 4.79 Å². The van der Waals surface area contributed by atoms with Crippen LogP contribution in [0.25, 0.3) is 17.3 Å². The summed E-state index contributed by atoms with van der Waals surface area (Å²) in [4.78, 5) is 26.4. The van der Waals surface area contributed by atoms with Gasteiger partial charge >= 0.3 is 0 Å². The average Bonchev–Trinajstić information content (AvgIpc) is 3.45. The van der Waals surface area contributed by atoms with Gasteiger partial charge in [-0.2, -0.15) is 10.2 Å². The number of carbonyl (C=O) groups is 2. The third kappa shape index (κ3) is 4.95. The molecule has 8 nitrogen and oxygen atoms in total. The van der Waals surface area contributed by atoms with Crippen LogP contribution in [-0.4, -0.2) is 37.8 Å². The van der Waals surface area contributed by atoms with E-state index in [1.165, 1.54) is 10.9 Å². The molecular formula is C26H32N6O2. The van der Waals surface area contributed by atoms with Crippen LogP contribution in [0.5, 0.6) is 0 Å². The predicted molar refractivity (Wildman–Crippen MR) is 133 cm³/mol. The van der Waals surface area contributed by atoms with E-state index in [0.29, 0.717) is 17.3 Å². The van der Waals surface area contributed by atoms with Gasteiger partial charge in [-0.25, -0.2) is 4.68 Å². The molecule has 3 N–H and O–H groups in total. The minimum Gasteiger partial charge on any atom is -0.339 e. The van der Waals surface area contributed by atoms with Gasteiger partial charge in [0.2, 0.25) is 5.91 Å². The molecule has 0 aliphatic heterocycles. The summed E-state index contributed by atoms with van der Waals surface area (Å²) in [5.74, 6) is 0.175. The zero-order valence-corrected chi connectivity index (χ0v) is 20.0. The van der Waals surface area contributed by atoms with Gasteiger partial charge in [-0.3, -0.25) is 14.7 Å². The maximum absolute atomic E-state index is 13.4. The highest BCUT2D eigenvalue weighted by Gasteiger charge is 2.33.